The van der Waals surface area contributed by atoms with Crippen LogP contribution in [0.1, 0.15) is 25.8 Å². The Morgan fingerprint density at radius 3 is 2.54 bits per heavy atom. The maximum atomic E-state index is 13.4. The fraction of sp³-hybridized carbons (Fsp3) is 0.409. The standard InChI is InChI=1S/C22H27FN2O/c1-16(2)25-12-11-21(15-25)24(3)22(26)13-17-7-9-18(10-8-17)19-5-4-6-20(23)14-19/h4-10,14,16,21H,11-13,15H2,1-3H3. The van der Waals surface area contributed by atoms with Gasteiger partial charge in [-0.3, -0.25) is 9.69 Å². The number of likely N-dealkylation sites (N-methyl/N-ethyl adjacent to an activating group) is 1. The van der Waals surface area contributed by atoms with Gasteiger partial charge in [-0.15, -0.1) is 0 Å². The minimum absolute atomic E-state index is 0.152. The first kappa shape index (κ1) is 18.6. The van der Waals surface area contributed by atoms with Crippen LogP contribution in [-0.2, 0) is 11.2 Å². The van der Waals surface area contributed by atoms with Gasteiger partial charge in [-0.1, -0.05) is 36.4 Å². The molecule has 1 aliphatic heterocycles. The number of halogens is 1. The van der Waals surface area contributed by atoms with Crippen molar-refractivity contribution < 1.29 is 9.18 Å². The molecule has 1 atom stereocenters. The zero-order valence-corrected chi connectivity index (χ0v) is 15.8. The van der Waals surface area contributed by atoms with Gasteiger partial charge in [0.2, 0.25) is 5.91 Å². The number of likely N-dealkylation sites (tertiary alicyclic amines) is 1. The smallest absolute Gasteiger partial charge is 0.227 e. The highest BCUT2D eigenvalue weighted by atomic mass is 19.1. The number of hydrogen-bond donors (Lipinski definition) is 0. The molecule has 1 aliphatic rings. The lowest BCUT2D eigenvalue weighted by Gasteiger charge is -2.26. The van der Waals surface area contributed by atoms with Crippen LogP contribution in [0.25, 0.3) is 11.1 Å². The van der Waals surface area contributed by atoms with E-state index in [-0.39, 0.29) is 11.7 Å². The molecule has 0 aliphatic carbocycles. The van der Waals surface area contributed by atoms with Crippen LogP contribution in [0.5, 0.6) is 0 Å². The van der Waals surface area contributed by atoms with E-state index in [1.807, 2.05) is 42.3 Å². The van der Waals surface area contributed by atoms with Crippen LogP contribution in [-0.4, -0.2) is 47.9 Å². The van der Waals surface area contributed by atoms with E-state index >= 15 is 0 Å². The molecular weight excluding hydrogens is 327 g/mol. The Morgan fingerprint density at radius 1 is 1.19 bits per heavy atom. The minimum Gasteiger partial charge on any atom is -0.341 e. The van der Waals surface area contributed by atoms with Crippen LogP contribution in [0.15, 0.2) is 48.5 Å². The zero-order chi connectivity index (χ0) is 18.7. The van der Waals surface area contributed by atoms with Crippen molar-refractivity contribution in [2.45, 2.75) is 38.8 Å². The number of rotatable bonds is 5. The van der Waals surface area contributed by atoms with Crippen LogP contribution >= 0.6 is 0 Å². The predicted octanol–water partition coefficient (Wildman–Crippen LogP) is 3.98. The zero-order valence-electron chi connectivity index (χ0n) is 15.8. The van der Waals surface area contributed by atoms with Gasteiger partial charge in [-0.2, -0.15) is 0 Å². The van der Waals surface area contributed by atoms with Crippen molar-refractivity contribution in [3.8, 4) is 11.1 Å². The first-order valence-electron chi connectivity index (χ1n) is 9.28. The molecule has 1 fully saturated rings. The second-order valence-electron chi connectivity index (χ2n) is 7.42. The lowest BCUT2D eigenvalue weighted by atomic mass is 10.0. The third-order valence-electron chi connectivity index (χ3n) is 5.33. The Labute approximate surface area is 155 Å². The molecule has 0 bridgehead atoms. The van der Waals surface area contributed by atoms with E-state index in [0.717, 1.165) is 36.2 Å². The molecular formula is C22H27FN2O. The molecule has 0 aromatic heterocycles. The van der Waals surface area contributed by atoms with Crippen molar-refractivity contribution in [1.29, 1.82) is 0 Å². The van der Waals surface area contributed by atoms with Gasteiger partial charge in [0.05, 0.1) is 6.42 Å². The normalized spacial score (nSPS) is 17.7. The van der Waals surface area contributed by atoms with Gasteiger partial charge in [0.1, 0.15) is 5.82 Å². The molecule has 0 saturated carbocycles. The van der Waals surface area contributed by atoms with E-state index in [2.05, 4.69) is 18.7 Å². The van der Waals surface area contributed by atoms with Crippen LogP contribution in [0, 0.1) is 5.82 Å². The van der Waals surface area contributed by atoms with E-state index < -0.39 is 0 Å². The van der Waals surface area contributed by atoms with Crippen molar-refractivity contribution in [2.24, 2.45) is 0 Å². The number of amides is 1. The highest BCUT2D eigenvalue weighted by Gasteiger charge is 2.29. The van der Waals surface area contributed by atoms with Gasteiger partial charge in [0.25, 0.3) is 0 Å². The maximum absolute atomic E-state index is 13.4. The molecule has 0 N–H and O–H groups in total. The lowest BCUT2D eigenvalue weighted by Crippen LogP contribution is -2.40. The summed E-state index contributed by atoms with van der Waals surface area (Å²) in [6.45, 7) is 6.41. The van der Waals surface area contributed by atoms with Crippen molar-refractivity contribution in [1.82, 2.24) is 9.80 Å². The fourth-order valence-electron chi connectivity index (χ4n) is 3.54. The molecule has 0 spiro atoms. The van der Waals surface area contributed by atoms with Crippen LogP contribution in [0.4, 0.5) is 4.39 Å². The summed E-state index contributed by atoms with van der Waals surface area (Å²) in [6.07, 6.45) is 1.44. The second kappa shape index (κ2) is 8.00. The van der Waals surface area contributed by atoms with Crippen molar-refractivity contribution in [3.05, 3.63) is 59.9 Å². The summed E-state index contributed by atoms with van der Waals surface area (Å²) >= 11 is 0. The summed E-state index contributed by atoms with van der Waals surface area (Å²) in [5, 5.41) is 0. The molecule has 138 valence electrons. The molecule has 1 amide bonds. The molecule has 4 heteroatoms. The first-order chi connectivity index (χ1) is 12.4. The number of carbonyl (C=O) groups is 1. The largest absolute Gasteiger partial charge is 0.341 e. The number of hydrogen-bond acceptors (Lipinski definition) is 2. The van der Waals surface area contributed by atoms with Crippen molar-refractivity contribution in [2.75, 3.05) is 20.1 Å². The topological polar surface area (TPSA) is 23.6 Å². The third-order valence-corrected chi connectivity index (χ3v) is 5.33. The van der Waals surface area contributed by atoms with Crippen LogP contribution < -0.4 is 0 Å². The second-order valence-corrected chi connectivity index (χ2v) is 7.42. The predicted molar refractivity (Wildman–Crippen MR) is 103 cm³/mol. The molecule has 2 aromatic rings. The van der Waals surface area contributed by atoms with Gasteiger partial charge >= 0.3 is 0 Å². The van der Waals surface area contributed by atoms with Gasteiger partial charge in [0.15, 0.2) is 0 Å². The Morgan fingerprint density at radius 2 is 1.92 bits per heavy atom. The Hall–Kier alpha value is -2.20. The molecule has 26 heavy (non-hydrogen) atoms. The number of carbonyl (C=O) groups excluding carboxylic acids is 1. The lowest BCUT2D eigenvalue weighted by molar-refractivity contribution is -0.131. The molecule has 1 saturated heterocycles. The van der Waals surface area contributed by atoms with Gasteiger partial charge in [-0.05, 0) is 49.1 Å². The minimum atomic E-state index is -0.240. The number of benzene rings is 2. The van der Waals surface area contributed by atoms with E-state index in [1.165, 1.54) is 12.1 Å². The summed E-state index contributed by atoms with van der Waals surface area (Å²) in [5.41, 5.74) is 2.79. The summed E-state index contributed by atoms with van der Waals surface area (Å²) in [5.74, 6) is -0.0884. The average molecular weight is 354 g/mol. The molecule has 1 unspecified atom stereocenters. The summed E-state index contributed by atoms with van der Waals surface area (Å²) in [4.78, 5) is 17.0. The van der Waals surface area contributed by atoms with E-state index in [9.17, 15) is 9.18 Å². The first-order valence-corrected chi connectivity index (χ1v) is 9.28. The number of nitrogens with zero attached hydrogens (tertiary/aromatic N) is 2. The molecule has 0 radical (unpaired) electrons. The van der Waals surface area contributed by atoms with E-state index in [1.54, 1.807) is 6.07 Å². The van der Waals surface area contributed by atoms with Crippen molar-refractivity contribution >= 4 is 5.91 Å². The quantitative estimate of drug-likeness (QED) is 0.811. The highest BCUT2D eigenvalue weighted by Crippen LogP contribution is 2.22. The van der Waals surface area contributed by atoms with Gasteiger partial charge in [0, 0.05) is 32.2 Å². The van der Waals surface area contributed by atoms with Crippen LogP contribution in [0.3, 0.4) is 0 Å². The summed E-state index contributed by atoms with van der Waals surface area (Å²) in [7, 11) is 1.91. The molecule has 3 nitrogen and oxygen atoms in total. The molecule has 3 rings (SSSR count). The summed E-state index contributed by atoms with van der Waals surface area (Å²) in [6, 6.07) is 15.2. The molecule has 2 aromatic carbocycles. The van der Waals surface area contributed by atoms with Gasteiger partial charge in [-0.25, -0.2) is 4.39 Å². The van der Waals surface area contributed by atoms with Crippen molar-refractivity contribution in [3.63, 3.8) is 0 Å². The molecule has 1 heterocycles. The SMILES string of the molecule is CC(C)N1CCC(N(C)C(=O)Cc2ccc(-c3cccc(F)c3)cc2)C1. The summed E-state index contributed by atoms with van der Waals surface area (Å²) < 4.78 is 13.4. The van der Waals surface area contributed by atoms with Crippen LogP contribution in [0.2, 0.25) is 0 Å². The fourth-order valence-corrected chi connectivity index (χ4v) is 3.54. The Bertz CT molecular complexity index is 757. The van der Waals surface area contributed by atoms with Gasteiger partial charge < -0.3 is 4.90 Å². The van der Waals surface area contributed by atoms with E-state index in [0.29, 0.717) is 18.5 Å². The third kappa shape index (κ3) is 4.31. The monoisotopic (exact) mass is 354 g/mol. The van der Waals surface area contributed by atoms with E-state index in [4.69, 9.17) is 0 Å². The Balaban J connectivity index is 1.61. The Kier molecular flexibility index (Phi) is 5.72. The maximum Gasteiger partial charge on any atom is 0.227 e. The average Bonchev–Trinajstić information content (AvgIpc) is 3.12. The highest BCUT2D eigenvalue weighted by molar-refractivity contribution is 5.79.